The lowest BCUT2D eigenvalue weighted by molar-refractivity contribution is 0.481. The van der Waals surface area contributed by atoms with E-state index >= 15 is 0 Å². The maximum atomic E-state index is 4.24. The fraction of sp³-hybridized carbons (Fsp3) is 0.615. The molecule has 0 saturated carbocycles. The summed E-state index contributed by atoms with van der Waals surface area (Å²) in [6, 6.07) is 4.79. The van der Waals surface area contributed by atoms with Gasteiger partial charge in [0, 0.05) is 24.5 Å². The van der Waals surface area contributed by atoms with Gasteiger partial charge in [0.1, 0.15) is 0 Å². The van der Waals surface area contributed by atoms with Crippen LogP contribution in [0.2, 0.25) is 0 Å². The predicted octanol–water partition coefficient (Wildman–Crippen LogP) is 3.72. The van der Waals surface area contributed by atoms with Crippen molar-refractivity contribution < 1.29 is 0 Å². The average molecular weight is 507 g/mol. The Labute approximate surface area is 151 Å². The fourth-order valence-corrected chi connectivity index (χ4v) is 3.12. The number of guanidine groups is 1. The van der Waals surface area contributed by atoms with Crippen molar-refractivity contribution >= 4 is 63.9 Å². The van der Waals surface area contributed by atoms with Gasteiger partial charge in [-0.05, 0) is 54.0 Å². The van der Waals surface area contributed by atoms with Crippen LogP contribution in [0.25, 0.3) is 0 Å². The van der Waals surface area contributed by atoms with Gasteiger partial charge in [-0.2, -0.15) is 0 Å². The first-order valence-electron chi connectivity index (χ1n) is 6.24. The van der Waals surface area contributed by atoms with Gasteiger partial charge in [0.15, 0.2) is 5.96 Å². The quantitative estimate of drug-likeness (QED) is 0.363. The fourth-order valence-electron chi connectivity index (χ4n) is 1.37. The van der Waals surface area contributed by atoms with E-state index in [1.165, 1.54) is 7.76 Å². The van der Waals surface area contributed by atoms with Crippen LogP contribution in [-0.2, 0) is 6.42 Å². The highest BCUT2D eigenvalue weighted by atomic mass is 127. The Morgan fingerprint density at radius 3 is 2.53 bits per heavy atom. The largest absolute Gasteiger partial charge is 0.356 e. The Bertz CT molecular complexity index is 391. The standard InChI is InChI=1S/C13H22IN3S.HI/c1-9(2)10(3)17-13(15-4)16-8-7-11-5-6-12(14)18-11;/h5-6,9-10H,7-8H2,1-4H3,(H2,15,16,17);1H. The number of halogens is 2. The minimum absolute atomic E-state index is 0. The normalized spacial score (nSPS) is 13.1. The molecule has 0 aliphatic carbocycles. The Hall–Kier alpha value is 0.430. The van der Waals surface area contributed by atoms with E-state index < -0.39 is 0 Å². The monoisotopic (exact) mass is 507 g/mol. The number of hydrogen-bond acceptors (Lipinski definition) is 2. The molecule has 1 unspecified atom stereocenters. The Balaban J connectivity index is 0.00000324. The summed E-state index contributed by atoms with van der Waals surface area (Å²) in [5.74, 6) is 1.49. The SMILES string of the molecule is CN=C(NCCc1ccc(I)s1)NC(C)C(C)C.I. The summed E-state index contributed by atoms with van der Waals surface area (Å²) >= 11 is 4.21. The third kappa shape index (κ3) is 7.69. The molecular formula is C13H23I2N3S. The first-order chi connectivity index (χ1) is 8.52. The van der Waals surface area contributed by atoms with Gasteiger partial charge in [-0.3, -0.25) is 4.99 Å². The molecule has 0 amide bonds. The van der Waals surface area contributed by atoms with Crippen molar-refractivity contribution in [2.75, 3.05) is 13.6 Å². The predicted molar refractivity (Wildman–Crippen MR) is 105 cm³/mol. The zero-order valence-electron chi connectivity index (χ0n) is 11.9. The maximum Gasteiger partial charge on any atom is 0.191 e. The highest BCUT2D eigenvalue weighted by Gasteiger charge is 2.08. The molecule has 0 saturated heterocycles. The first kappa shape index (κ1) is 19.4. The smallest absolute Gasteiger partial charge is 0.191 e. The van der Waals surface area contributed by atoms with Crippen molar-refractivity contribution in [2.45, 2.75) is 33.2 Å². The maximum absolute atomic E-state index is 4.24. The molecule has 3 nitrogen and oxygen atoms in total. The van der Waals surface area contributed by atoms with Crippen LogP contribution in [-0.4, -0.2) is 25.6 Å². The topological polar surface area (TPSA) is 36.4 Å². The molecule has 0 aliphatic rings. The lowest BCUT2D eigenvalue weighted by Crippen LogP contribution is -2.44. The summed E-state index contributed by atoms with van der Waals surface area (Å²) < 4.78 is 1.35. The molecule has 1 aromatic rings. The Morgan fingerprint density at radius 1 is 1.37 bits per heavy atom. The van der Waals surface area contributed by atoms with E-state index in [-0.39, 0.29) is 24.0 Å². The van der Waals surface area contributed by atoms with Gasteiger partial charge in [-0.25, -0.2) is 0 Å². The molecule has 1 atom stereocenters. The van der Waals surface area contributed by atoms with Crippen LogP contribution in [0.15, 0.2) is 17.1 Å². The van der Waals surface area contributed by atoms with E-state index in [1.807, 2.05) is 18.4 Å². The van der Waals surface area contributed by atoms with Gasteiger partial charge >= 0.3 is 0 Å². The number of nitrogens with zero attached hydrogens (tertiary/aromatic N) is 1. The van der Waals surface area contributed by atoms with Gasteiger partial charge in [-0.15, -0.1) is 35.3 Å². The van der Waals surface area contributed by atoms with E-state index in [1.54, 1.807) is 0 Å². The third-order valence-corrected chi connectivity index (χ3v) is 4.83. The second-order valence-corrected chi connectivity index (χ2v) is 7.69. The molecule has 0 spiro atoms. The minimum Gasteiger partial charge on any atom is -0.356 e. The van der Waals surface area contributed by atoms with Crippen LogP contribution in [0.3, 0.4) is 0 Å². The molecular weight excluding hydrogens is 484 g/mol. The Kier molecular flexibility index (Phi) is 10.4. The summed E-state index contributed by atoms with van der Waals surface area (Å²) in [7, 11) is 1.82. The van der Waals surface area contributed by atoms with Crippen LogP contribution in [0.4, 0.5) is 0 Å². The van der Waals surface area contributed by atoms with Crippen LogP contribution >= 0.6 is 57.9 Å². The molecule has 2 N–H and O–H groups in total. The summed E-state index contributed by atoms with van der Waals surface area (Å²) in [4.78, 5) is 5.66. The van der Waals surface area contributed by atoms with E-state index in [9.17, 15) is 0 Å². The zero-order chi connectivity index (χ0) is 13.5. The summed E-state index contributed by atoms with van der Waals surface area (Å²) in [5.41, 5.74) is 0. The van der Waals surface area contributed by atoms with Crippen LogP contribution < -0.4 is 10.6 Å². The van der Waals surface area contributed by atoms with E-state index in [0.29, 0.717) is 12.0 Å². The van der Waals surface area contributed by atoms with Gasteiger partial charge in [0.25, 0.3) is 0 Å². The molecule has 0 bridgehead atoms. The molecule has 19 heavy (non-hydrogen) atoms. The van der Waals surface area contributed by atoms with Crippen molar-refractivity contribution in [3.63, 3.8) is 0 Å². The molecule has 1 aromatic heterocycles. The van der Waals surface area contributed by atoms with Gasteiger partial charge < -0.3 is 10.6 Å². The van der Waals surface area contributed by atoms with Gasteiger partial charge in [0.2, 0.25) is 0 Å². The summed E-state index contributed by atoms with van der Waals surface area (Å²) in [6.07, 6.45) is 1.05. The second kappa shape index (κ2) is 10.2. The highest BCUT2D eigenvalue weighted by molar-refractivity contribution is 14.1. The van der Waals surface area contributed by atoms with Crippen molar-refractivity contribution in [1.82, 2.24) is 10.6 Å². The molecule has 1 heterocycles. The lowest BCUT2D eigenvalue weighted by atomic mass is 10.1. The van der Waals surface area contributed by atoms with Crippen LogP contribution in [0.5, 0.6) is 0 Å². The zero-order valence-corrected chi connectivity index (χ0v) is 17.2. The molecule has 0 aliphatic heterocycles. The highest BCUT2D eigenvalue weighted by Crippen LogP contribution is 2.18. The number of nitrogens with one attached hydrogen (secondary N) is 2. The van der Waals surface area contributed by atoms with E-state index in [4.69, 9.17) is 0 Å². The molecule has 6 heteroatoms. The number of thiophene rings is 1. The van der Waals surface area contributed by atoms with Crippen molar-refractivity contribution in [2.24, 2.45) is 10.9 Å². The van der Waals surface area contributed by atoms with Crippen molar-refractivity contribution in [1.29, 1.82) is 0 Å². The van der Waals surface area contributed by atoms with Crippen LogP contribution in [0.1, 0.15) is 25.6 Å². The second-order valence-electron chi connectivity index (χ2n) is 4.63. The first-order valence-corrected chi connectivity index (χ1v) is 8.14. The minimum atomic E-state index is 0. The van der Waals surface area contributed by atoms with Crippen LogP contribution in [0, 0.1) is 8.80 Å². The Morgan fingerprint density at radius 2 is 2.05 bits per heavy atom. The molecule has 0 radical (unpaired) electrons. The molecule has 0 aromatic carbocycles. The number of aliphatic imine (C=N–C) groups is 1. The van der Waals surface area contributed by atoms with Gasteiger partial charge in [-0.1, -0.05) is 13.8 Å². The van der Waals surface area contributed by atoms with E-state index in [2.05, 4.69) is 71.1 Å². The van der Waals surface area contributed by atoms with Crippen molar-refractivity contribution in [3.05, 3.63) is 19.9 Å². The van der Waals surface area contributed by atoms with Gasteiger partial charge in [0.05, 0.1) is 2.88 Å². The summed E-state index contributed by atoms with van der Waals surface area (Å²) in [5, 5.41) is 6.75. The third-order valence-electron chi connectivity index (χ3n) is 2.88. The van der Waals surface area contributed by atoms with E-state index in [0.717, 1.165) is 18.9 Å². The number of rotatable bonds is 5. The number of hydrogen-bond donors (Lipinski definition) is 2. The molecule has 1 rings (SSSR count). The average Bonchev–Trinajstić information content (AvgIpc) is 2.73. The molecule has 0 fully saturated rings. The lowest BCUT2D eigenvalue weighted by Gasteiger charge is -2.20. The molecule has 110 valence electrons. The summed E-state index contributed by atoms with van der Waals surface area (Å²) in [6.45, 7) is 7.51. The van der Waals surface area contributed by atoms with Crippen molar-refractivity contribution in [3.8, 4) is 0 Å².